The number of hydrogen-bond acceptors (Lipinski definition) is 7. The fourth-order valence-corrected chi connectivity index (χ4v) is 6.19. The number of ether oxygens (including phenoxy) is 1. The summed E-state index contributed by atoms with van der Waals surface area (Å²) in [4.78, 5) is 35.2. The lowest BCUT2D eigenvalue weighted by molar-refractivity contribution is -0.137. The molecule has 3 aliphatic heterocycles. The third-order valence-electron chi connectivity index (χ3n) is 8.20. The van der Waals surface area contributed by atoms with Gasteiger partial charge >= 0.3 is 12.1 Å². The van der Waals surface area contributed by atoms with Crippen molar-refractivity contribution >= 4 is 34.8 Å². The first-order chi connectivity index (χ1) is 19.6. The molecule has 3 aromatic rings. The Balaban J connectivity index is 1.41. The van der Waals surface area contributed by atoms with Gasteiger partial charge in [0.25, 0.3) is 5.91 Å². The van der Waals surface area contributed by atoms with Gasteiger partial charge in [-0.1, -0.05) is 6.07 Å². The highest BCUT2D eigenvalue weighted by atomic mass is 19.4. The Morgan fingerprint density at radius 3 is 2.56 bits per heavy atom. The normalized spacial score (nSPS) is 22.0. The molecule has 1 aromatic heterocycles. The molecule has 1 saturated heterocycles. The number of fused-ring (bicyclic) bond motifs is 4. The monoisotopic (exact) mass is 563 g/mol. The van der Waals surface area contributed by atoms with E-state index < -0.39 is 29.2 Å². The van der Waals surface area contributed by atoms with Gasteiger partial charge in [0.2, 0.25) is 0 Å². The molecule has 4 heterocycles. The molecule has 6 rings (SSSR count). The number of halogens is 3. The molecule has 8 nitrogen and oxygen atoms in total. The number of carbonyl (C=O) groups is 2. The number of piperazine rings is 1. The number of aromatic nitrogens is 1. The van der Waals surface area contributed by atoms with Gasteiger partial charge in [-0.15, -0.1) is 0 Å². The molecule has 41 heavy (non-hydrogen) atoms. The van der Waals surface area contributed by atoms with Gasteiger partial charge in [0.1, 0.15) is 11.2 Å². The third-order valence-corrected chi connectivity index (χ3v) is 8.20. The van der Waals surface area contributed by atoms with E-state index in [1.165, 1.54) is 11.1 Å². The van der Waals surface area contributed by atoms with E-state index in [0.29, 0.717) is 47.8 Å². The van der Waals surface area contributed by atoms with E-state index >= 15 is 0 Å². The summed E-state index contributed by atoms with van der Waals surface area (Å²) in [6.07, 6.45) is -2.72. The zero-order chi connectivity index (χ0) is 28.9. The van der Waals surface area contributed by atoms with Gasteiger partial charge in [-0.25, -0.2) is 9.78 Å². The minimum Gasteiger partial charge on any atom is -0.462 e. The van der Waals surface area contributed by atoms with Crippen LogP contribution in [0.1, 0.15) is 35.3 Å². The summed E-state index contributed by atoms with van der Waals surface area (Å²) in [5, 5.41) is 5.97. The Kier molecular flexibility index (Phi) is 6.47. The van der Waals surface area contributed by atoms with Crippen molar-refractivity contribution in [2.24, 2.45) is 10.5 Å². The number of pyridine rings is 1. The number of hydrazone groups is 1. The van der Waals surface area contributed by atoms with Crippen LogP contribution in [-0.4, -0.2) is 54.9 Å². The predicted molar refractivity (Wildman–Crippen MR) is 148 cm³/mol. The standard InChI is InChI=1S/C30H28F3N5O3/c1-3-41-27(39)20-7-10-23(11-8-20)38-28(40)29(19(2)35-38)17-21-16-22(30(31,32)33)9-12-24(21)37-15-14-36(18-25(29)37)26-6-4-5-13-34-26/h4-13,16,25H,3,14-15,17-18H2,1-2H3/t25-,29+/m1/s1. The average Bonchev–Trinajstić information content (AvgIpc) is 3.22. The second-order valence-electron chi connectivity index (χ2n) is 10.4. The maximum Gasteiger partial charge on any atom is 0.416 e. The van der Waals surface area contributed by atoms with E-state index in [9.17, 15) is 22.8 Å². The average molecular weight is 564 g/mol. The van der Waals surface area contributed by atoms with Crippen LogP contribution in [0.25, 0.3) is 0 Å². The molecule has 2 atom stereocenters. The molecular weight excluding hydrogens is 535 g/mol. The summed E-state index contributed by atoms with van der Waals surface area (Å²) < 4.78 is 46.2. The van der Waals surface area contributed by atoms with Crippen LogP contribution in [0.4, 0.5) is 30.4 Å². The van der Waals surface area contributed by atoms with E-state index in [2.05, 4.69) is 19.9 Å². The van der Waals surface area contributed by atoms with Crippen LogP contribution in [0.3, 0.4) is 0 Å². The SMILES string of the molecule is CCOC(=O)c1ccc(N2N=C(C)[C@]3(Cc4cc(C(F)(F)F)ccc4N4CCN(c5ccccn5)C[C@@H]43)C2=O)cc1. The van der Waals surface area contributed by atoms with E-state index in [4.69, 9.17) is 4.74 Å². The van der Waals surface area contributed by atoms with Crippen molar-refractivity contribution in [3.63, 3.8) is 0 Å². The van der Waals surface area contributed by atoms with Crippen LogP contribution in [-0.2, 0) is 22.1 Å². The number of benzene rings is 2. The summed E-state index contributed by atoms with van der Waals surface area (Å²) in [6.45, 7) is 5.24. The fraction of sp³-hybridized carbons (Fsp3) is 0.333. The number of carbonyl (C=O) groups excluding carboxylic acids is 2. The highest BCUT2D eigenvalue weighted by Crippen LogP contribution is 2.49. The van der Waals surface area contributed by atoms with Crippen molar-refractivity contribution in [1.29, 1.82) is 0 Å². The summed E-state index contributed by atoms with van der Waals surface area (Å²) in [5.41, 5.74) is 0.537. The van der Waals surface area contributed by atoms with Gasteiger partial charge < -0.3 is 14.5 Å². The Hall–Kier alpha value is -4.41. The number of rotatable bonds is 4. The molecule has 3 aliphatic rings. The van der Waals surface area contributed by atoms with Crippen molar-refractivity contribution in [3.8, 4) is 0 Å². The van der Waals surface area contributed by atoms with E-state index in [1.54, 1.807) is 44.3 Å². The fourth-order valence-electron chi connectivity index (χ4n) is 6.19. The Labute approximate surface area is 235 Å². The predicted octanol–water partition coefficient (Wildman–Crippen LogP) is 4.94. The molecule has 0 radical (unpaired) electrons. The summed E-state index contributed by atoms with van der Waals surface area (Å²) in [5.74, 6) is -0.0217. The van der Waals surface area contributed by atoms with Gasteiger partial charge in [0.15, 0.2) is 0 Å². The van der Waals surface area contributed by atoms with Crippen LogP contribution in [0.5, 0.6) is 0 Å². The first kappa shape index (κ1) is 26.8. The zero-order valence-corrected chi connectivity index (χ0v) is 22.6. The third kappa shape index (κ3) is 4.39. The minimum atomic E-state index is -4.51. The molecule has 1 amide bonds. The lowest BCUT2D eigenvalue weighted by Crippen LogP contribution is -2.67. The molecule has 2 aromatic carbocycles. The van der Waals surface area contributed by atoms with Crippen molar-refractivity contribution in [2.75, 3.05) is 41.0 Å². The minimum absolute atomic E-state index is 0.0784. The molecule has 212 valence electrons. The molecule has 11 heteroatoms. The van der Waals surface area contributed by atoms with Crippen LogP contribution in [0, 0.1) is 5.41 Å². The highest BCUT2D eigenvalue weighted by Gasteiger charge is 2.60. The second kappa shape index (κ2) is 9.90. The Morgan fingerprint density at radius 1 is 1.10 bits per heavy atom. The van der Waals surface area contributed by atoms with Gasteiger partial charge in [0, 0.05) is 31.5 Å². The second-order valence-corrected chi connectivity index (χ2v) is 10.4. The van der Waals surface area contributed by atoms with Gasteiger partial charge in [0.05, 0.1) is 35.2 Å². The summed E-state index contributed by atoms with van der Waals surface area (Å²) in [6, 6.07) is 15.4. The molecule has 1 fully saturated rings. The molecule has 0 aliphatic carbocycles. The Bertz CT molecular complexity index is 1530. The van der Waals surface area contributed by atoms with E-state index in [0.717, 1.165) is 18.0 Å². The summed E-state index contributed by atoms with van der Waals surface area (Å²) in [7, 11) is 0. The number of esters is 1. The van der Waals surface area contributed by atoms with Crippen molar-refractivity contribution in [1.82, 2.24) is 4.98 Å². The highest BCUT2D eigenvalue weighted by molar-refractivity contribution is 6.20. The summed E-state index contributed by atoms with van der Waals surface area (Å²) >= 11 is 0. The van der Waals surface area contributed by atoms with Gasteiger partial charge in [-0.3, -0.25) is 4.79 Å². The number of amides is 1. The van der Waals surface area contributed by atoms with Crippen LogP contribution in [0.15, 0.2) is 72.0 Å². The van der Waals surface area contributed by atoms with E-state index in [-0.39, 0.29) is 18.9 Å². The maximum atomic E-state index is 14.4. The number of alkyl halides is 3. The zero-order valence-electron chi connectivity index (χ0n) is 22.6. The quantitative estimate of drug-likeness (QED) is 0.419. The number of nitrogens with zero attached hydrogens (tertiary/aromatic N) is 5. The van der Waals surface area contributed by atoms with Crippen molar-refractivity contribution in [3.05, 3.63) is 83.6 Å². The molecule has 0 saturated carbocycles. The van der Waals surface area contributed by atoms with Crippen LogP contribution >= 0.6 is 0 Å². The van der Waals surface area contributed by atoms with Crippen LogP contribution < -0.4 is 14.8 Å². The molecule has 0 unspecified atom stereocenters. The largest absolute Gasteiger partial charge is 0.462 e. The number of hydrogen-bond donors (Lipinski definition) is 0. The Morgan fingerprint density at radius 2 is 1.88 bits per heavy atom. The molecule has 0 bridgehead atoms. The maximum absolute atomic E-state index is 14.4. The molecule has 0 N–H and O–H groups in total. The van der Waals surface area contributed by atoms with E-state index in [1.807, 2.05) is 18.2 Å². The van der Waals surface area contributed by atoms with Crippen LogP contribution in [0.2, 0.25) is 0 Å². The topological polar surface area (TPSA) is 78.3 Å². The number of anilines is 3. The lowest BCUT2D eigenvalue weighted by atomic mass is 9.67. The van der Waals surface area contributed by atoms with Crippen molar-refractivity contribution in [2.45, 2.75) is 32.5 Å². The molecule has 1 spiro atoms. The smallest absolute Gasteiger partial charge is 0.416 e. The molecular formula is C30H28F3N5O3. The van der Waals surface area contributed by atoms with Gasteiger partial charge in [-0.05, 0) is 80.4 Å². The lowest BCUT2D eigenvalue weighted by Gasteiger charge is -2.53. The first-order valence-electron chi connectivity index (χ1n) is 13.4. The van der Waals surface area contributed by atoms with Gasteiger partial charge in [-0.2, -0.15) is 23.3 Å². The van der Waals surface area contributed by atoms with Crippen molar-refractivity contribution < 1.29 is 27.5 Å². The first-order valence-corrected chi connectivity index (χ1v) is 13.4.